The fraction of sp³-hybridized carbons (Fsp3) is 0. The summed E-state index contributed by atoms with van der Waals surface area (Å²) in [4.78, 5) is 5.20. The first-order chi connectivity index (χ1) is 28.3. The summed E-state index contributed by atoms with van der Waals surface area (Å²) in [5.74, 6) is 0. The Morgan fingerprint density at radius 2 is 0.842 bits per heavy atom. The van der Waals surface area contributed by atoms with Crippen molar-refractivity contribution >= 4 is 108 Å². The van der Waals surface area contributed by atoms with Crippen LogP contribution in [0.4, 0.5) is 11.4 Å². The molecule has 3 nitrogen and oxygen atoms in total. The Morgan fingerprint density at radius 3 is 1.47 bits per heavy atom. The van der Waals surface area contributed by atoms with Gasteiger partial charge in [0, 0.05) is 11.4 Å². The van der Waals surface area contributed by atoms with Crippen molar-refractivity contribution in [2.24, 2.45) is 0 Å². The number of benzene rings is 9. The molecule has 266 valence electrons. The summed E-state index contributed by atoms with van der Waals surface area (Å²) in [6, 6.07) is 78.1. The average Bonchev–Trinajstić information content (AvgIpc) is 3.65. The van der Waals surface area contributed by atoms with Gasteiger partial charge in [0.15, 0.2) is 0 Å². The second kappa shape index (κ2) is 14.7. The van der Waals surface area contributed by atoms with Crippen molar-refractivity contribution in [1.82, 2.24) is 4.83 Å². The standard InChI is InChI=1S/C48H35B4N3S2/c1-5-19-38(20-6-1)49-53(41-24-9-3-10-25-41)52-55(54(49)42-26-11-4-12-27-42)50(39-21-7-2-8-22-39)56-51(57-52)40-23-17-18-36(34-40)37-32-33-47-45-30-14-13-28-43(45)44-29-15-16-31-46(44)48(47)35-37/h1-35H. The zero-order valence-corrected chi connectivity index (χ0v) is 32.8. The number of anilines is 2. The lowest BCUT2D eigenvalue weighted by Gasteiger charge is -2.42. The Bertz CT molecular complexity index is 2840. The van der Waals surface area contributed by atoms with Crippen LogP contribution in [0, 0.1) is 0 Å². The molecule has 0 N–H and O–H groups in total. The van der Waals surface area contributed by atoms with E-state index in [4.69, 9.17) is 0 Å². The maximum Gasteiger partial charge on any atom is 0.413 e. The molecule has 9 heteroatoms. The van der Waals surface area contributed by atoms with E-state index in [1.807, 2.05) is 22.9 Å². The zero-order chi connectivity index (χ0) is 37.7. The van der Waals surface area contributed by atoms with Crippen LogP contribution in [-0.2, 0) is 0 Å². The highest BCUT2D eigenvalue weighted by Crippen LogP contribution is 2.44. The lowest BCUT2D eigenvalue weighted by molar-refractivity contribution is 0.741. The van der Waals surface area contributed by atoms with E-state index in [1.54, 1.807) is 0 Å². The normalized spacial score (nSPS) is 14.6. The summed E-state index contributed by atoms with van der Waals surface area (Å²) in [6.45, 7) is -0.0612. The van der Waals surface area contributed by atoms with Gasteiger partial charge < -0.3 is 9.64 Å². The highest BCUT2D eigenvalue weighted by molar-refractivity contribution is 8.73. The predicted molar refractivity (Wildman–Crippen MR) is 254 cm³/mol. The van der Waals surface area contributed by atoms with Crippen molar-refractivity contribution in [3.05, 3.63) is 212 Å². The first kappa shape index (κ1) is 34.5. The lowest BCUT2D eigenvalue weighted by atomic mass is 9.63. The molecule has 9 aromatic carbocycles. The molecule has 57 heavy (non-hydrogen) atoms. The fourth-order valence-corrected chi connectivity index (χ4v) is 12.3. The number of hydrogen-bond acceptors (Lipinski definition) is 5. The van der Waals surface area contributed by atoms with Crippen LogP contribution in [0.15, 0.2) is 212 Å². The molecule has 2 aliphatic heterocycles. The average molecular weight is 761 g/mol. The van der Waals surface area contributed by atoms with E-state index in [0.717, 1.165) is 0 Å². The summed E-state index contributed by atoms with van der Waals surface area (Å²) < 4.78 is 2.64. The van der Waals surface area contributed by atoms with Gasteiger partial charge in [-0.15, -0.1) is 0 Å². The fourth-order valence-electron chi connectivity index (χ4n) is 8.89. The molecule has 2 aliphatic rings. The molecule has 0 saturated carbocycles. The first-order valence-corrected chi connectivity index (χ1v) is 21.5. The van der Waals surface area contributed by atoms with Crippen molar-refractivity contribution in [3.8, 4) is 11.1 Å². The minimum atomic E-state index is -0.0612. The maximum atomic E-state index is 2.64. The molecule has 0 amide bonds. The number of nitrogens with zero attached hydrogens (tertiary/aromatic N) is 3. The van der Waals surface area contributed by atoms with Crippen LogP contribution < -0.4 is 26.0 Å². The minimum Gasteiger partial charge on any atom is -0.414 e. The van der Waals surface area contributed by atoms with Crippen molar-refractivity contribution < 1.29 is 0 Å². The van der Waals surface area contributed by atoms with Crippen LogP contribution in [0.3, 0.4) is 0 Å². The van der Waals surface area contributed by atoms with Gasteiger partial charge in [-0.3, -0.25) is 4.83 Å². The van der Waals surface area contributed by atoms with E-state index >= 15 is 0 Å². The summed E-state index contributed by atoms with van der Waals surface area (Å²) in [7, 11) is 0. The molecule has 0 aromatic heterocycles. The summed E-state index contributed by atoms with van der Waals surface area (Å²) in [5.41, 5.74) is 8.74. The Kier molecular flexibility index (Phi) is 8.88. The smallest absolute Gasteiger partial charge is 0.413 e. The summed E-state index contributed by atoms with van der Waals surface area (Å²) in [6.07, 6.45) is 0.0461. The van der Waals surface area contributed by atoms with Gasteiger partial charge in [0.2, 0.25) is 0 Å². The van der Waals surface area contributed by atoms with E-state index < -0.39 is 0 Å². The van der Waals surface area contributed by atoms with Crippen molar-refractivity contribution in [2.75, 3.05) is 9.64 Å². The van der Waals surface area contributed by atoms with Gasteiger partial charge in [-0.1, -0.05) is 193 Å². The Morgan fingerprint density at radius 1 is 0.351 bits per heavy atom. The molecule has 0 spiro atoms. The SMILES string of the molecule is c1ccc(B2SB(c3cccc(-c4ccc5c6ccccc6c6ccccc6c5c4)c3)SB3N(c4ccccc4)B(c4ccccc4)N(c4ccccc4)N23)cc1. The zero-order valence-electron chi connectivity index (χ0n) is 31.2. The third-order valence-corrected chi connectivity index (χ3v) is 14.6. The number of rotatable bonds is 6. The Hall–Kier alpha value is -5.72. The van der Waals surface area contributed by atoms with Gasteiger partial charge in [-0.05, 0) is 79.2 Å². The third kappa shape index (κ3) is 6.04. The molecule has 0 radical (unpaired) electrons. The molecule has 2 saturated heterocycles. The van der Waals surface area contributed by atoms with Gasteiger partial charge in [-0.2, -0.15) is 11.5 Å². The quantitative estimate of drug-likeness (QED) is 0.123. The van der Waals surface area contributed by atoms with Crippen LogP contribution in [0.1, 0.15) is 0 Å². The van der Waals surface area contributed by atoms with Gasteiger partial charge in [0.1, 0.15) is 0 Å². The first-order valence-electron chi connectivity index (χ1n) is 19.6. The van der Waals surface area contributed by atoms with Crippen molar-refractivity contribution in [3.63, 3.8) is 0 Å². The summed E-state index contributed by atoms with van der Waals surface area (Å²) in [5, 5.41) is 7.97. The van der Waals surface area contributed by atoms with Gasteiger partial charge in [0.25, 0.3) is 5.27 Å². The minimum absolute atomic E-state index is 0.00163. The Balaban J connectivity index is 1.06. The highest BCUT2D eigenvalue weighted by atomic mass is 32.2. The van der Waals surface area contributed by atoms with Crippen LogP contribution in [0.25, 0.3) is 43.4 Å². The molecule has 0 unspecified atom stereocenters. The van der Waals surface area contributed by atoms with Gasteiger partial charge >= 0.3 is 19.4 Å². The van der Waals surface area contributed by atoms with Crippen LogP contribution in [-0.4, -0.2) is 29.5 Å². The molecule has 0 bridgehead atoms. The molecule has 2 fully saturated rings. The van der Waals surface area contributed by atoms with Crippen LogP contribution in [0.5, 0.6) is 0 Å². The maximum absolute atomic E-state index is 2.64. The second-order valence-corrected chi connectivity index (χ2v) is 17.4. The van der Waals surface area contributed by atoms with E-state index in [1.165, 1.54) is 71.2 Å². The molecule has 9 aromatic rings. The highest BCUT2D eigenvalue weighted by Gasteiger charge is 2.60. The molecular weight excluding hydrogens is 726 g/mol. The van der Waals surface area contributed by atoms with Crippen molar-refractivity contribution in [1.29, 1.82) is 0 Å². The monoisotopic (exact) mass is 761 g/mol. The Labute approximate surface area is 343 Å². The number of fused-ring (bicyclic) bond motifs is 7. The molecule has 11 rings (SSSR count). The predicted octanol–water partition coefficient (Wildman–Crippen LogP) is 10.0. The van der Waals surface area contributed by atoms with E-state index in [9.17, 15) is 0 Å². The topological polar surface area (TPSA) is 9.72 Å². The number of hydrazine groups is 1. The molecule has 0 aliphatic carbocycles. The molecule has 2 heterocycles. The third-order valence-electron chi connectivity index (χ3n) is 11.4. The molecular formula is C48H35B4N3S2. The van der Waals surface area contributed by atoms with Crippen molar-refractivity contribution in [2.45, 2.75) is 0 Å². The summed E-state index contributed by atoms with van der Waals surface area (Å²) >= 11 is 4.07. The largest absolute Gasteiger partial charge is 0.414 e. The van der Waals surface area contributed by atoms with E-state index in [2.05, 4.69) is 227 Å². The van der Waals surface area contributed by atoms with Gasteiger partial charge in [0.05, 0.1) is 0 Å². The molecule has 0 atom stereocenters. The van der Waals surface area contributed by atoms with Gasteiger partial charge in [-0.25, -0.2) is 11.5 Å². The number of para-hydroxylation sites is 2. The lowest BCUT2D eigenvalue weighted by Crippen LogP contribution is -2.63. The number of hydrogen-bond donors (Lipinski definition) is 0. The van der Waals surface area contributed by atoms with Crippen LogP contribution >= 0.6 is 22.9 Å². The van der Waals surface area contributed by atoms with E-state index in [0.29, 0.717) is 0 Å². The van der Waals surface area contributed by atoms with Crippen LogP contribution in [0.2, 0.25) is 0 Å². The second-order valence-electron chi connectivity index (χ2n) is 14.8. The van der Waals surface area contributed by atoms with E-state index in [-0.39, 0.29) is 24.6 Å².